The summed E-state index contributed by atoms with van der Waals surface area (Å²) in [5.74, 6) is 0.842. The number of nitrogens with one attached hydrogen (secondary N) is 1. The first-order chi connectivity index (χ1) is 15.2. The normalized spacial score (nSPS) is 11.1. The second kappa shape index (κ2) is 10.1. The first-order valence-electron chi connectivity index (χ1n) is 10.6. The molecule has 3 aromatic rings. The van der Waals surface area contributed by atoms with Crippen molar-refractivity contribution >= 4 is 11.9 Å². The molecule has 0 aliphatic carbocycles. The zero-order chi connectivity index (χ0) is 23.1. The van der Waals surface area contributed by atoms with Crippen LogP contribution < -0.4 is 10.1 Å². The summed E-state index contributed by atoms with van der Waals surface area (Å²) in [5.41, 5.74) is 2.77. The van der Waals surface area contributed by atoms with E-state index in [1.165, 1.54) is 0 Å². The smallest absolute Gasteiger partial charge is 0.338 e. The highest BCUT2D eigenvalue weighted by Gasteiger charge is 2.17. The summed E-state index contributed by atoms with van der Waals surface area (Å²) in [4.78, 5) is 21.2. The second-order valence-corrected chi connectivity index (χ2v) is 8.35. The van der Waals surface area contributed by atoms with Crippen LogP contribution in [0.4, 0.5) is 5.95 Å². The van der Waals surface area contributed by atoms with Crippen LogP contribution in [0.25, 0.3) is 0 Å². The van der Waals surface area contributed by atoms with Crippen LogP contribution >= 0.6 is 0 Å². The Balaban J connectivity index is 1.72. The van der Waals surface area contributed by atoms with Gasteiger partial charge in [-0.25, -0.2) is 9.78 Å². The van der Waals surface area contributed by atoms with Gasteiger partial charge < -0.3 is 19.9 Å². The fourth-order valence-electron chi connectivity index (χ4n) is 2.96. The van der Waals surface area contributed by atoms with Gasteiger partial charge >= 0.3 is 5.97 Å². The first kappa shape index (κ1) is 23.1. The number of esters is 1. The average molecular weight is 436 g/mol. The van der Waals surface area contributed by atoms with Gasteiger partial charge in [-0.2, -0.15) is 4.98 Å². The number of hydrogen-bond donors (Lipinski definition) is 2. The number of anilines is 1. The fraction of sp³-hybridized carbons (Fsp3) is 0.320. The van der Waals surface area contributed by atoms with Crippen molar-refractivity contribution in [3.05, 3.63) is 77.0 Å². The Bertz CT molecular complexity index is 1040. The highest BCUT2D eigenvalue weighted by Crippen LogP contribution is 2.19. The van der Waals surface area contributed by atoms with Crippen molar-refractivity contribution in [1.29, 1.82) is 0 Å². The predicted molar refractivity (Wildman–Crippen MR) is 123 cm³/mol. The maximum Gasteiger partial charge on any atom is 0.338 e. The summed E-state index contributed by atoms with van der Waals surface area (Å²) in [6.45, 7) is 8.45. The van der Waals surface area contributed by atoms with Crippen LogP contribution in [0.15, 0.2) is 54.6 Å². The molecule has 1 aromatic heterocycles. The molecule has 0 radical (unpaired) electrons. The number of aromatic hydroxyl groups is 1. The molecule has 7 nitrogen and oxygen atoms in total. The number of nitrogens with zero attached hydrogens (tertiary/aromatic N) is 2. The number of phenols is 1. The van der Waals surface area contributed by atoms with E-state index in [0.717, 1.165) is 16.8 Å². The van der Waals surface area contributed by atoms with Crippen molar-refractivity contribution < 1.29 is 19.4 Å². The molecule has 0 aliphatic rings. The van der Waals surface area contributed by atoms with Crippen molar-refractivity contribution in [1.82, 2.24) is 9.97 Å². The molecule has 0 bridgehead atoms. The lowest BCUT2D eigenvalue weighted by Crippen LogP contribution is -2.23. The van der Waals surface area contributed by atoms with Gasteiger partial charge in [0.1, 0.15) is 11.4 Å². The van der Waals surface area contributed by atoms with Gasteiger partial charge in [-0.3, -0.25) is 0 Å². The van der Waals surface area contributed by atoms with Crippen molar-refractivity contribution in [3.8, 4) is 11.6 Å². The van der Waals surface area contributed by atoms with Crippen LogP contribution in [0.1, 0.15) is 54.9 Å². The Morgan fingerprint density at radius 1 is 1.00 bits per heavy atom. The molecule has 0 saturated carbocycles. The van der Waals surface area contributed by atoms with Crippen LogP contribution in [0.5, 0.6) is 11.6 Å². The minimum atomic E-state index is -0.532. The fourth-order valence-corrected chi connectivity index (χ4v) is 2.96. The Labute approximate surface area is 188 Å². The molecule has 0 saturated heterocycles. The quantitative estimate of drug-likeness (QED) is 0.494. The molecule has 32 heavy (non-hydrogen) atoms. The largest absolute Gasteiger partial charge is 0.508 e. The Kier molecular flexibility index (Phi) is 7.30. The van der Waals surface area contributed by atoms with E-state index in [9.17, 15) is 9.90 Å². The van der Waals surface area contributed by atoms with Gasteiger partial charge in [0, 0.05) is 19.0 Å². The Hall–Kier alpha value is -3.61. The molecule has 168 valence electrons. The monoisotopic (exact) mass is 435 g/mol. The van der Waals surface area contributed by atoms with Gasteiger partial charge in [0.25, 0.3) is 0 Å². The van der Waals surface area contributed by atoms with E-state index in [-0.39, 0.29) is 11.7 Å². The molecule has 1 heterocycles. The van der Waals surface area contributed by atoms with E-state index < -0.39 is 5.60 Å². The van der Waals surface area contributed by atoms with Crippen LogP contribution in [0.2, 0.25) is 0 Å². The molecule has 0 amide bonds. The Morgan fingerprint density at radius 2 is 1.66 bits per heavy atom. The van der Waals surface area contributed by atoms with E-state index >= 15 is 0 Å². The molecule has 2 aromatic carbocycles. The molecule has 0 aliphatic heterocycles. The third kappa shape index (κ3) is 6.97. The zero-order valence-electron chi connectivity index (χ0n) is 18.9. The van der Waals surface area contributed by atoms with E-state index in [1.54, 1.807) is 24.3 Å². The third-order valence-electron chi connectivity index (χ3n) is 4.41. The molecular formula is C25H29N3O4. The number of hydrogen-bond acceptors (Lipinski definition) is 7. The zero-order valence-corrected chi connectivity index (χ0v) is 18.9. The van der Waals surface area contributed by atoms with Crippen LogP contribution in [-0.4, -0.2) is 33.3 Å². The summed E-state index contributed by atoms with van der Waals surface area (Å²) >= 11 is 0. The maximum absolute atomic E-state index is 12.2. The van der Waals surface area contributed by atoms with Gasteiger partial charge in [-0.1, -0.05) is 24.3 Å². The molecule has 2 N–H and O–H groups in total. The Morgan fingerprint density at radius 3 is 2.28 bits per heavy atom. The summed E-state index contributed by atoms with van der Waals surface area (Å²) in [5, 5.41) is 12.6. The topological polar surface area (TPSA) is 93.6 Å². The van der Waals surface area contributed by atoms with E-state index in [2.05, 4.69) is 15.3 Å². The lowest BCUT2D eigenvalue weighted by atomic mass is 10.1. The number of carbonyl (C=O) groups is 1. The average Bonchev–Trinajstić information content (AvgIpc) is 2.73. The number of rotatable bonds is 8. The standard InChI is InChI=1S/C25H29N3O4/c1-5-31-22-15-20(27-24(28-22)26-16-18-8-12-21(29)13-9-18)14-17-6-10-19(11-7-17)23(30)32-25(2,3)4/h6-13,15,29H,5,14,16H2,1-4H3,(H,26,27,28). The summed E-state index contributed by atoms with van der Waals surface area (Å²) in [6.07, 6.45) is 0.561. The molecule has 0 spiro atoms. The summed E-state index contributed by atoms with van der Waals surface area (Å²) in [6, 6.07) is 16.1. The van der Waals surface area contributed by atoms with Gasteiger partial charge in [0.05, 0.1) is 17.9 Å². The van der Waals surface area contributed by atoms with Gasteiger partial charge in [-0.15, -0.1) is 0 Å². The van der Waals surface area contributed by atoms with Crippen LogP contribution in [-0.2, 0) is 17.7 Å². The third-order valence-corrected chi connectivity index (χ3v) is 4.41. The van der Waals surface area contributed by atoms with Crippen molar-refractivity contribution in [2.75, 3.05) is 11.9 Å². The van der Waals surface area contributed by atoms with Gasteiger partial charge in [-0.05, 0) is 63.1 Å². The van der Waals surface area contributed by atoms with Crippen molar-refractivity contribution in [2.45, 2.75) is 46.3 Å². The molecular weight excluding hydrogens is 406 g/mol. The number of ether oxygens (including phenoxy) is 2. The molecule has 0 atom stereocenters. The lowest BCUT2D eigenvalue weighted by Gasteiger charge is -2.19. The van der Waals surface area contributed by atoms with E-state index in [1.807, 2.05) is 58.0 Å². The van der Waals surface area contributed by atoms with Crippen LogP contribution in [0.3, 0.4) is 0 Å². The predicted octanol–water partition coefficient (Wildman–Crippen LogP) is 4.74. The van der Waals surface area contributed by atoms with Crippen LogP contribution in [0, 0.1) is 0 Å². The SMILES string of the molecule is CCOc1cc(Cc2ccc(C(=O)OC(C)(C)C)cc2)nc(NCc2ccc(O)cc2)n1. The minimum Gasteiger partial charge on any atom is -0.508 e. The van der Waals surface area contributed by atoms with Gasteiger partial charge in [0.2, 0.25) is 11.8 Å². The first-order valence-corrected chi connectivity index (χ1v) is 10.6. The summed E-state index contributed by atoms with van der Waals surface area (Å²) in [7, 11) is 0. The molecule has 7 heteroatoms. The maximum atomic E-state index is 12.2. The molecule has 0 fully saturated rings. The van der Waals surface area contributed by atoms with Crippen molar-refractivity contribution in [3.63, 3.8) is 0 Å². The number of aromatic nitrogens is 2. The van der Waals surface area contributed by atoms with Crippen molar-refractivity contribution in [2.24, 2.45) is 0 Å². The molecule has 0 unspecified atom stereocenters. The van der Waals surface area contributed by atoms with Gasteiger partial charge in [0.15, 0.2) is 0 Å². The summed E-state index contributed by atoms with van der Waals surface area (Å²) < 4.78 is 11.0. The number of carbonyl (C=O) groups excluding carboxylic acids is 1. The van der Waals surface area contributed by atoms with E-state index in [0.29, 0.717) is 37.0 Å². The molecule has 3 rings (SSSR count). The minimum absolute atomic E-state index is 0.225. The van der Waals surface area contributed by atoms with E-state index in [4.69, 9.17) is 9.47 Å². The number of phenolic OH excluding ortho intramolecular Hbond substituents is 1. The number of benzene rings is 2. The lowest BCUT2D eigenvalue weighted by molar-refractivity contribution is 0.00695. The highest BCUT2D eigenvalue weighted by molar-refractivity contribution is 5.89. The second-order valence-electron chi connectivity index (χ2n) is 8.35. The highest BCUT2D eigenvalue weighted by atomic mass is 16.6.